The lowest BCUT2D eigenvalue weighted by molar-refractivity contribution is -0.160. The number of rotatable bonds is 4. The van der Waals surface area contributed by atoms with Gasteiger partial charge in [0.15, 0.2) is 0 Å². The largest absolute Gasteiger partial charge is 0.299 e. The molecule has 1 aliphatic rings. The van der Waals surface area contributed by atoms with Crippen molar-refractivity contribution in [1.82, 2.24) is 5.06 Å². The van der Waals surface area contributed by atoms with Gasteiger partial charge in [0.2, 0.25) is 0 Å². The highest BCUT2D eigenvalue weighted by molar-refractivity contribution is 5.88. The highest BCUT2D eigenvalue weighted by Gasteiger charge is 2.33. The molecule has 0 radical (unpaired) electrons. The zero-order valence-electron chi connectivity index (χ0n) is 8.95. The van der Waals surface area contributed by atoms with Gasteiger partial charge >= 0.3 is 0 Å². The fourth-order valence-corrected chi connectivity index (χ4v) is 1.39. The number of carbonyl (C=O) groups is 2. The van der Waals surface area contributed by atoms with Crippen LogP contribution in [-0.4, -0.2) is 29.9 Å². The maximum absolute atomic E-state index is 11.5. The third kappa shape index (κ3) is 2.32. The monoisotopic (exact) mass is 199 g/mol. The maximum Gasteiger partial charge on any atom is 0.252 e. The van der Waals surface area contributed by atoms with Crippen molar-refractivity contribution in [2.75, 3.05) is 13.2 Å². The van der Waals surface area contributed by atoms with Crippen molar-refractivity contribution in [2.45, 2.75) is 27.2 Å². The first-order valence-corrected chi connectivity index (χ1v) is 5.03. The third-order valence-corrected chi connectivity index (χ3v) is 2.41. The van der Waals surface area contributed by atoms with Crippen molar-refractivity contribution < 1.29 is 14.4 Å². The summed E-state index contributed by atoms with van der Waals surface area (Å²) in [7, 11) is 0. The topological polar surface area (TPSA) is 46.6 Å². The van der Waals surface area contributed by atoms with Crippen molar-refractivity contribution in [3.63, 3.8) is 0 Å². The Hall–Kier alpha value is -0.900. The van der Waals surface area contributed by atoms with E-state index < -0.39 is 0 Å². The molecule has 0 aromatic rings. The molecule has 0 bridgehead atoms. The number of hydrogen-bond acceptors (Lipinski definition) is 3. The Morgan fingerprint density at radius 1 is 1.64 bits per heavy atom. The molecule has 0 N–H and O–H groups in total. The second-order valence-corrected chi connectivity index (χ2v) is 3.85. The van der Waals surface area contributed by atoms with E-state index in [0.717, 1.165) is 0 Å². The van der Waals surface area contributed by atoms with Gasteiger partial charge in [0.05, 0.1) is 12.5 Å². The highest BCUT2D eigenvalue weighted by Crippen LogP contribution is 2.19. The van der Waals surface area contributed by atoms with E-state index in [2.05, 4.69) is 0 Å². The van der Waals surface area contributed by atoms with Crippen molar-refractivity contribution in [3.05, 3.63) is 0 Å². The molecule has 0 aromatic heterocycles. The predicted molar refractivity (Wildman–Crippen MR) is 51.3 cm³/mol. The fraction of sp³-hybridized carbons (Fsp3) is 0.800. The van der Waals surface area contributed by atoms with Crippen LogP contribution >= 0.6 is 0 Å². The summed E-state index contributed by atoms with van der Waals surface area (Å²) >= 11 is 0. The number of carbonyl (C=O) groups excluding carboxylic acids is 2. The van der Waals surface area contributed by atoms with Gasteiger partial charge in [-0.2, -0.15) is 0 Å². The van der Waals surface area contributed by atoms with Gasteiger partial charge in [-0.15, -0.1) is 0 Å². The van der Waals surface area contributed by atoms with Crippen molar-refractivity contribution in [3.8, 4) is 0 Å². The molecule has 1 fully saturated rings. The van der Waals surface area contributed by atoms with Crippen LogP contribution in [-0.2, 0) is 14.4 Å². The van der Waals surface area contributed by atoms with Crippen LogP contribution in [0.15, 0.2) is 0 Å². The number of Topliss-reactive ketones (excluding diaryl/α,β-unsaturated/α-hetero) is 1. The smallest absolute Gasteiger partial charge is 0.252 e. The maximum atomic E-state index is 11.5. The molecular formula is C10H17NO3. The summed E-state index contributed by atoms with van der Waals surface area (Å²) in [5.74, 6) is -0.185. The van der Waals surface area contributed by atoms with Crippen LogP contribution in [0, 0.1) is 11.8 Å². The van der Waals surface area contributed by atoms with E-state index in [4.69, 9.17) is 4.84 Å². The zero-order valence-corrected chi connectivity index (χ0v) is 8.95. The molecule has 0 unspecified atom stereocenters. The van der Waals surface area contributed by atoms with Crippen LogP contribution in [0.1, 0.15) is 27.2 Å². The molecule has 1 atom stereocenters. The summed E-state index contributed by atoms with van der Waals surface area (Å²) in [4.78, 5) is 28.1. The average molecular weight is 199 g/mol. The number of hydrogen-bond donors (Lipinski definition) is 0. The lowest BCUT2D eigenvalue weighted by Gasteiger charge is -2.11. The first-order valence-electron chi connectivity index (χ1n) is 5.03. The highest BCUT2D eigenvalue weighted by atomic mass is 16.7. The van der Waals surface area contributed by atoms with Gasteiger partial charge in [-0.1, -0.05) is 13.8 Å². The molecule has 0 aliphatic carbocycles. The molecular weight excluding hydrogens is 182 g/mol. The van der Waals surface area contributed by atoms with Crippen molar-refractivity contribution in [2.24, 2.45) is 11.8 Å². The van der Waals surface area contributed by atoms with E-state index >= 15 is 0 Å². The van der Waals surface area contributed by atoms with Crippen LogP contribution < -0.4 is 0 Å². The van der Waals surface area contributed by atoms with Gasteiger partial charge < -0.3 is 0 Å². The summed E-state index contributed by atoms with van der Waals surface area (Å²) in [5.41, 5.74) is 0. The molecule has 4 heteroatoms. The molecule has 1 amide bonds. The fourth-order valence-electron chi connectivity index (χ4n) is 1.39. The van der Waals surface area contributed by atoms with E-state index in [1.807, 2.05) is 20.8 Å². The van der Waals surface area contributed by atoms with Gasteiger partial charge in [-0.25, -0.2) is 5.06 Å². The second kappa shape index (κ2) is 4.55. The molecule has 14 heavy (non-hydrogen) atoms. The Bertz CT molecular complexity index is 238. The first-order chi connectivity index (χ1) is 6.56. The Labute approximate surface area is 84.2 Å². The van der Waals surface area contributed by atoms with Gasteiger partial charge in [-0.3, -0.25) is 14.4 Å². The lowest BCUT2D eigenvalue weighted by Crippen LogP contribution is -2.27. The Balaban J connectivity index is 2.48. The van der Waals surface area contributed by atoms with Crippen LogP contribution in [0.2, 0.25) is 0 Å². The summed E-state index contributed by atoms with van der Waals surface area (Å²) in [6.45, 7) is 6.45. The van der Waals surface area contributed by atoms with Gasteiger partial charge in [-0.05, 0) is 6.92 Å². The van der Waals surface area contributed by atoms with E-state index in [9.17, 15) is 9.59 Å². The molecule has 4 nitrogen and oxygen atoms in total. The van der Waals surface area contributed by atoms with Crippen LogP contribution in [0.5, 0.6) is 0 Å². The molecule has 0 aromatic carbocycles. The van der Waals surface area contributed by atoms with Crippen molar-refractivity contribution in [1.29, 1.82) is 0 Å². The lowest BCUT2D eigenvalue weighted by atomic mass is 9.97. The van der Waals surface area contributed by atoms with E-state index in [-0.39, 0.29) is 23.5 Å². The van der Waals surface area contributed by atoms with E-state index in [1.54, 1.807) is 0 Å². The molecule has 0 spiro atoms. The quantitative estimate of drug-likeness (QED) is 0.679. The second-order valence-electron chi connectivity index (χ2n) is 3.85. The Morgan fingerprint density at radius 2 is 2.29 bits per heavy atom. The minimum Gasteiger partial charge on any atom is -0.299 e. The number of hydroxylamine groups is 2. The minimum atomic E-state index is -0.259. The molecule has 1 rings (SSSR count). The normalized spacial score (nSPS) is 22.1. The average Bonchev–Trinajstić information content (AvgIpc) is 2.47. The standard InChI is InChI=1S/C10H17NO3/c1-4-11-10(13)8(6-14-11)5-9(12)7(2)3/h7-8H,4-6H2,1-3H3/t8-/m0/s1. The third-order valence-electron chi connectivity index (χ3n) is 2.41. The van der Waals surface area contributed by atoms with E-state index in [0.29, 0.717) is 19.6 Å². The Kier molecular flexibility index (Phi) is 3.63. The number of amides is 1. The van der Waals surface area contributed by atoms with Crippen LogP contribution in [0.25, 0.3) is 0 Å². The Morgan fingerprint density at radius 3 is 2.71 bits per heavy atom. The molecule has 1 aliphatic heterocycles. The summed E-state index contributed by atoms with van der Waals surface area (Å²) < 4.78 is 0. The van der Waals surface area contributed by atoms with Gasteiger partial charge in [0.1, 0.15) is 5.78 Å². The predicted octanol–water partition coefficient (Wildman–Crippen LogP) is 1.01. The van der Waals surface area contributed by atoms with Gasteiger partial charge in [0, 0.05) is 18.9 Å². The van der Waals surface area contributed by atoms with Crippen LogP contribution in [0.3, 0.4) is 0 Å². The number of nitrogens with zero attached hydrogens (tertiary/aromatic N) is 1. The zero-order chi connectivity index (χ0) is 10.7. The first kappa shape index (κ1) is 11.2. The molecule has 1 saturated heterocycles. The summed E-state index contributed by atoms with van der Waals surface area (Å²) in [6.07, 6.45) is 0.312. The molecule has 0 saturated carbocycles. The van der Waals surface area contributed by atoms with E-state index in [1.165, 1.54) is 5.06 Å². The summed E-state index contributed by atoms with van der Waals surface area (Å²) in [5, 5.41) is 1.33. The van der Waals surface area contributed by atoms with Crippen molar-refractivity contribution >= 4 is 11.7 Å². The SMILES string of the molecule is CCN1OC[C@H](CC(=O)C(C)C)C1=O. The minimum absolute atomic E-state index is 0.00141. The summed E-state index contributed by atoms with van der Waals surface area (Å²) in [6, 6.07) is 0. The number of ketones is 1. The molecule has 80 valence electrons. The molecule has 1 heterocycles. The van der Waals surface area contributed by atoms with Gasteiger partial charge in [0.25, 0.3) is 5.91 Å². The van der Waals surface area contributed by atoms with Crippen LogP contribution in [0.4, 0.5) is 0 Å².